The third kappa shape index (κ3) is 6.78. The largest absolute Gasteiger partial charge is 0.423 e. The van der Waals surface area contributed by atoms with Crippen molar-refractivity contribution in [2.24, 2.45) is 0 Å². The second kappa shape index (κ2) is 11.6. The van der Waals surface area contributed by atoms with Gasteiger partial charge in [-0.2, -0.15) is 0 Å². The van der Waals surface area contributed by atoms with Crippen LogP contribution in [0.5, 0.6) is 11.5 Å². The second-order valence-electron chi connectivity index (χ2n) is 8.09. The molecule has 4 rings (SSSR count). The minimum Gasteiger partial charge on any atom is -0.423 e. The van der Waals surface area contributed by atoms with Gasteiger partial charge in [-0.25, -0.2) is 9.59 Å². The van der Waals surface area contributed by atoms with Crippen LogP contribution in [0.25, 0.3) is 6.08 Å². The summed E-state index contributed by atoms with van der Waals surface area (Å²) in [5.41, 5.74) is 4.08. The molecule has 0 bridgehead atoms. The van der Waals surface area contributed by atoms with Crippen LogP contribution in [-0.2, 0) is 17.6 Å². The molecule has 0 heterocycles. The lowest BCUT2D eigenvalue weighted by atomic mass is 10.0. The summed E-state index contributed by atoms with van der Waals surface area (Å²) in [6.07, 6.45) is 13.3. The maximum Gasteiger partial charge on any atom is 0.343 e. The molecule has 0 saturated carbocycles. The Balaban J connectivity index is 1.37. The van der Waals surface area contributed by atoms with Crippen molar-refractivity contribution >= 4 is 18.0 Å². The van der Waals surface area contributed by atoms with Gasteiger partial charge in [-0.3, -0.25) is 0 Å². The summed E-state index contributed by atoms with van der Waals surface area (Å²) in [6.45, 7) is 3.85. The lowest BCUT2D eigenvalue weighted by Gasteiger charge is -2.10. The zero-order valence-corrected chi connectivity index (χ0v) is 19.4. The average molecular weight is 463 g/mol. The van der Waals surface area contributed by atoms with Gasteiger partial charge in [-0.15, -0.1) is 0 Å². The number of aryl methyl sites for hydroxylation is 2. The molecule has 174 valence electrons. The lowest BCUT2D eigenvalue weighted by Crippen LogP contribution is -2.09. The van der Waals surface area contributed by atoms with Gasteiger partial charge >= 0.3 is 11.9 Å². The van der Waals surface area contributed by atoms with E-state index in [4.69, 9.17) is 9.47 Å². The molecule has 0 aliphatic heterocycles. The van der Waals surface area contributed by atoms with E-state index in [0.717, 1.165) is 29.5 Å². The number of benzene rings is 3. The number of allylic oxidation sites excluding steroid dienone is 4. The van der Waals surface area contributed by atoms with Gasteiger partial charge in [0.1, 0.15) is 11.5 Å². The Morgan fingerprint density at radius 3 is 2.31 bits per heavy atom. The van der Waals surface area contributed by atoms with Gasteiger partial charge in [-0.1, -0.05) is 73.4 Å². The third-order valence-electron chi connectivity index (χ3n) is 5.51. The fourth-order valence-electron chi connectivity index (χ4n) is 3.66. The first kappa shape index (κ1) is 23.7. The Bertz CT molecular complexity index is 1300. The van der Waals surface area contributed by atoms with Gasteiger partial charge in [0.25, 0.3) is 0 Å². The van der Waals surface area contributed by atoms with Crippen molar-refractivity contribution in [3.8, 4) is 11.5 Å². The van der Waals surface area contributed by atoms with Crippen LogP contribution in [0.4, 0.5) is 0 Å². The monoisotopic (exact) mass is 462 g/mol. The Kier molecular flexibility index (Phi) is 7.87. The van der Waals surface area contributed by atoms with Crippen LogP contribution in [0.3, 0.4) is 0 Å². The fraction of sp³-hybridized carbons (Fsp3) is 0.0968. The van der Waals surface area contributed by atoms with Crippen LogP contribution in [0.2, 0.25) is 0 Å². The molecule has 0 saturated heterocycles. The van der Waals surface area contributed by atoms with Crippen LogP contribution in [0.15, 0.2) is 115 Å². The van der Waals surface area contributed by atoms with E-state index in [-0.39, 0.29) is 5.97 Å². The van der Waals surface area contributed by atoms with Gasteiger partial charge in [0.2, 0.25) is 0 Å². The molecule has 0 radical (unpaired) electrons. The van der Waals surface area contributed by atoms with Gasteiger partial charge in [0.15, 0.2) is 0 Å². The smallest absolute Gasteiger partial charge is 0.343 e. The Morgan fingerprint density at radius 2 is 1.54 bits per heavy atom. The molecule has 35 heavy (non-hydrogen) atoms. The highest BCUT2D eigenvalue weighted by Gasteiger charge is 2.11. The topological polar surface area (TPSA) is 52.6 Å². The van der Waals surface area contributed by atoms with Crippen molar-refractivity contribution in [1.29, 1.82) is 0 Å². The van der Waals surface area contributed by atoms with E-state index < -0.39 is 5.97 Å². The molecule has 1 aliphatic carbocycles. The van der Waals surface area contributed by atoms with Crippen molar-refractivity contribution in [3.05, 3.63) is 138 Å². The third-order valence-corrected chi connectivity index (χ3v) is 5.51. The predicted octanol–water partition coefficient (Wildman–Crippen LogP) is 6.68. The van der Waals surface area contributed by atoms with Gasteiger partial charge in [0, 0.05) is 0 Å². The van der Waals surface area contributed by atoms with E-state index in [2.05, 4.69) is 6.58 Å². The molecular formula is C31H26O4. The molecule has 4 nitrogen and oxygen atoms in total. The van der Waals surface area contributed by atoms with Crippen LogP contribution in [0, 0.1) is 0 Å². The molecule has 0 spiro atoms. The lowest BCUT2D eigenvalue weighted by molar-refractivity contribution is -0.129. The van der Waals surface area contributed by atoms with Crippen molar-refractivity contribution in [2.75, 3.05) is 0 Å². The summed E-state index contributed by atoms with van der Waals surface area (Å²) >= 11 is 0. The minimum absolute atomic E-state index is 0.364. The van der Waals surface area contributed by atoms with Crippen LogP contribution >= 0.6 is 0 Å². The highest BCUT2D eigenvalue weighted by Crippen LogP contribution is 2.22. The molecule has 0 unspecified atom stereocenters. The Morgan fingerprint density at radius 1 is 0.800 bits per heavy atom. The summed E-state index contributed by atoms with van der Waals surface area (Å²) in [6, 6.07) is 22.1. The first-order chi connectivity index (χ1) is 17.1. The first-order valence-electron chi connectivity index (χ1n) is 11.5. The number of esters is 2. The van der Waals surface area contributed by atoms with E-state index in [0.29, 0.717) is 29.1 Å². The van der Waals surface area contributed by atoms with E-state index in [1.54, 1.807) is 54.6 Å². The zero-order chi connectivity index (χ0) is 24.5. The summed E-state index contributed by atoms with van der Waals surface area (Å²) in [5, 5.41) is 0. The Labute approximate surface area is 205 Å². The van der Waals surface area contributed by atoms with Crippen LogP contribution in [-0.4, -0.2) is 11.9 Å². The van der Waals surface area contributed by atoms with E-state index >= 15 is 0 Å². The molecule has 0 atom stereocenters. The van der Waals surface area contributed by atoms with E-state index in [1.807, 2.05) is 54.6 Å². The van der Waals surface area contributed by atoms with Gasteiger partial charge in [0.05, 0.1) is 11.1 Å². The van der Waals surface area contributed by atoms with Crippen LogP contribution in [0.1, 0.15) is 33.5 Å². The summed E-state index contributed by atoms with van der Waals surface area (Å²) < 4.78 is 11.1. The van der Waals surface area contributed by atoms with Crippen molar-refractivity contribution in [1.82, 2.24) is 0 Å². The molecule has 0 fully saturated rings. The molecule has 1 aliphatic rings. The second-order valence-corrected chi connectivity index (χ2v) is 8.09. The molecule has 0 aromatic heterocycles. The number of carbonyl (C=O) groups excluding carboxylic acids is 2. The van der Waals surface area contributed by atoms with Gasteiger partial charge in [-0.05, 0) is 78.4 Å². The first-order valence-corrected chi connectivity index (χ1v) is 11.5. The van der Waals surface area contributed by atoms with Crippen LogP contribution < -0.4 is 9.47 Å². The molecule has 4 heteroatoms. The van der Waals surface area contributed by atoms with E-state index in [1.165, 1.54) is 0 Å². The predicted molar refractivity (Wildman–Crippen MR) is 138 cm³/mol. The maximum atomic E-state index is 12.4. The van der Waals surface area contributed by atoms with Crippen molar-refractivity contribution in [3.63, 3.8) is 0 Å². The molecule has 3 aromatic rings. The standard InChI is InChI=1S/C31H26O4/c1-2-23-20-25(22-29(21-23)35-31(33)27-12-8-5-9-13-27)15-14-24-16-18-28(19-17-24)34-30(32)26-10-6-3-4-7-11-26/h2-6,8-13,16-22H,1,7,14-15H2. The fourth-order valence-corrected chi connectivity index (χ4v) is 3.66. The van der Waals surface area contributed by atoms with Crippen molar-refractivity contribution < 1.29 is 19.1 Å². The highest BCUT2D eigenvalue weighted by molar-refractivity contribution is 5.93. The number of carbonyl (C=O) groups is 2. The number of hydrogen-bond acceptors (Lipinski definition) is 4. The highest BCUT2D eigenvalue weighted by atomic mass is 16.5. The number of hydrogen-bond donors (Lipinski definition) is 0. The minimum atomic E-state index is -0.394. The normalized spacial score (nSPS) is 12.4. The van der Waals surface area contributed by atoms with Crippen molar-refractivity contribution in [2.45, 2.75) is 19.3 Å². The van der Waals surface area contributed by atoms with E-state index in [9.17, 15) is 9.59 Å². The molecule has 3 aromatic carbocycles. The molecular weight excluding hydrogens is 436 g/mol. The molecule has 0 amide bonds. The Hall–Kier alpha value is -4.44. The maximum absolute atomic E-state index is 12.4. The quantitative estimate of drug-likeness (QED) is 0.277. The zero-order valence-electron chi connectivity index (χ0n) is 19.4. The summed E-state index contributed by atoms with van der Waals surface area (Å²) in [7, 11) is 0. The van der Waals surface area contributed by atoms with Gasteiger partial charge < -0.3 is 9.47 Å². The SMILES string of the molecule is C=Cc1cc(CCc2ccc(OC(=O)C3=CCC=CC=C3)cc2)cc(OC(=O)c2ccccc2)c1. The average Bonchev–Trinajstić information content (AvgIpc) is 3.18. The summed E-state index contributed by atoms with van der Waals surface area (Å²) in [4.78, 5) is 24.8. The number of ether oxygens (including phenoxy) is 2. The summed E-state index contributed by atoms with van der Waals surface area (Å²) in [5.74, 6) is 0.241. The molecule has 0 N–H and O–H groups in total. The number of rotatable bonds is 8.